The normalized spacial score (nSPS) is 22.6. The van der Waals surface area contributed by atoms with Crippen molar-refractivity contribution in [1.82, 2.24) is 15.3 Å². The maximum absolute atomic E-state index is 13.5. The maximum Gasteiger partial charge on any atom is 0.330 e. The minimum absolute atomic E-state index is 0.0152. The molecule has 3 unspecified atom stereocenters. The molecule has 2 N–H and O–H groups in total. The van der Waals surface area contributed by atoms with E-state index >= 15 is 0 Å². The van der Waals surface area contributed by atoms with Crippen molar-refractivity contribution < 1.29 is 23.8 Å². The van der Waals surface area contributed by atoms with Gasteiger partial charge >= 0.3 is 6.03 Å². The number of fused-ring (bicyclic) bond motifs is 1. The zero-order valence-electron chi connectivity index (χ0n) is 23.6. The summed E-state index contributed by atoms with van der Waals surface area (Å²) in [6.07, 6.45) is 9.88. The Morgan fingerprint density at radius 2 is 1.77 bits per heavy atom. The summed E-state index contributed by atoms with van der Waals surface area (Å²) in [4.78, 5) is 38.2. The number of hydrogen-bond acceptors (Lipinski definition) is 8. The van der Waals surface area contributed by atoms with Crippen molar-refractivity contribution in [1.29, 1.82) is 0 Å². The van der Waals surface area contributed by atoms with Crippen LogP contribution in [-0.4, -0.2) is 62.4 Å². The number of hydrogen-bond donors (Lipinski definition) is 2. The molecular weight excluding hydrogens is 512 g/mol. The Morgan fingerprint density at radius 1 is 1.05 bits per heavy atom. The minimum atomic E-state index is -0.247. The van der Waals surface area contributed by atoms with Crippen LogP contribution in [0.2, 0.25) is 0 Å². The molecular formula is C29H38N6O5. The lowest BCUT2D eigenvalue weighted by molar-refractivity contribution is -0.117. The molecule has 2 aliphatic carbocycles. The summed E-state index contributed by atoms with van der Waals surface area (Å²) in [6.45, 7) is 3.90. The first-order chi connectivity index (χ1) is 19.4. The van der Waals surface area contributed by atoms with Crippen LogP contribution in [0.3, 0.4) is 0 Å². The summed E-state index contributed by atoms with van der Waals surface area (Å²) in [7, 11) is 6.31. The van der Waals surface area contributed by atoms with E-state index in [4.69, 9.17) is 19.2 Å². The van der Waals surface area contributed by atoms with Crippen LogP contribution in [0.1, 0.15) is 44.1 Å². The average Bonchev–Trinajstić information content (AvgIpc) is 2.94. The van der Waals surface area contributed by atoms with Crippen molar-refractivity contribution in [2.45, 2.75) is 57.2 Å². The van der Waals surface area contributed by atoms with Gasteiger partial charge in [0.05, 0.1) is 33.6 Å². The topological polar surface area (TPSA) is 118 Å². The summed E-state index contributed by atoms with van der Waals surface area (Å²) >= 11 is 0. The quantitative estimate of drug-likeness (QED) is 0.448. The summed E-state index contributed by atoms with van der Waals surface area (Å²) in [5.74, 6) is 3.56. The molecule has 3 aliphatic rings. The number of urea groups is 1. The number of amides is 3. The Bertz CT molecular complexity index is 1260. The van der Waals surface area contributed by atoms with E-state index in [9.17, 15) is 9.59 Å². The van der Waals surface area contributed by atoms with Gasteiger partial charge in [-0.3, -0.25) is 14.6 Å². The highest BCUT2D eigenvalue weighted by atomic mass is 16.5. The number of rotatable bonds is 9. The molecule has 2 heterocycles. The summed E-state index contributed by atoms with van der Waals surface area (Å²) in [6, 6.07) is 3.18. The molecule has 0 bridgehead atoms. The number of aromatic nitrogens is 2. The summed E-state index contributed by atoms with van der Waals surface area (Å²) in [5.41, 5.74) is 1.40. The third-order valence-corrected chi connectivity index (χ3v) is 8.50. The second-order valence-corrected chi connectivity index (χ2v) is 10.7. The van der Waals surface area contributed by atoms with E-state index < -0.39 is 0 Å². The van der Waals surface area contributed by atoms with Crippen molar-refractivity contribution >= 4 is 29.4 Å². The fourth-order valence-electron chi connectivity index (χ4n) is 6.09. The second-order valence-electron chi connectivity index (χ2n) is 10.7. The van der Waals surface area contributed by atoms with Gasteiger partial charge in [-0.1, -0.05) is 25.8 Å². The van der Waals surface area contributed by atoms with Gasteiger partial charge in [-0.25, -0.2) is 9.78 Å². The molecule has 214 valence electrons. The van der Waals surface area contributed by atoms with Gasteiger partial charge in [0.2, 0.25) is 17.6 Å². The second kappa shape index (κ2) is 11.6. The molecule has 0 spiro atoms. The van der Waals surface area contributed by atoms with E-state index in [2.05, 4.69) is 22.2 Å². The molecule has 1 aromatic carbocycles. The van der Waals surface area contributed by atoms with E-state index in [1.54, 1.807) is 30.3 Å². The molecule has 2 aromatic rings. The molecule has 3 atom stereocenters. The van der Waals surface area contributed by atoms with Crippen LogP contribution in [0.4, 0.5) is 22.2 Å². The molecule has 5 rings (SSSR count). The van der Waals surface area contributed by atoms with E-state index in [1.807, 2.05) is 0 Å². The zero-order chi connectivity index (χ0) is 28.4. The lowest BCUT2D eigenvalue weighted by Gasteiger charge is -2.42. The highest BCUT2D eigenvalue weighted by Gasteiger charge is 2.38. The van der Waals surface area contributed by atoms with Gasteiger partial charge < -0.3 is 24.8 Å². The SMILES string of the molecule is C=CC(=O)NC1CC(C2CCC2)CCC1Nc1ncc2c(n1)N(C)C(=O)N(c1cc(OC)c(OC)c(OC)c1)C2. The number of anilines is 3. The van der Waals surface area contributed by atoms with Crippen LogP contribution in [0, 0.1) is 11.8 Å². The van der Waals surface area contributed by atoms with Gasteiger partial charge in [0.1, 0.15) is 5.82 Å². The Hall–Kier alpha value is -4.02. The number of nitrogens with zero attached hydrogens (tertiary/aromatic N) is 4. The lowest BCUT2D eigenvalue weighted by atomic mass is 9.68. The van der Waals surface area contributed by atoms with E-state index in [0.717, 1.165) is 30.7 Å². The van der Waals surface area contributed by atoms with Crippen LogP contribution in [-0.2, 0) is 11.3 Å². The first kappa shape index (κ1) is 27.5. The van der Waals surface area contributed by atoms with Gasteiger partial charge in [-0.05, 0) is 37.2 Å². The highest BCUT2D eigenvalue weighted by molar-refractivity contribution is 6.05. The Labute approximate surface area is 234 Å². The maximum atomic E-state index is 13.5. The molecule has 2 saturated carbocycles. The lowest BCUT2D eigenvalue weighted by Crippen LogP contribution is -2.51. The number of ether oxygens (including phenoxy) is 3. The number of benzene rings is 1. The summed E-state index contributed by atoms with van der Waals surface area (Å²) < 4.78 is 16.4. The molecule has 11 nitrogen and oxygen atoms in total. The molecule has 1 aromatic heterocycles. The van der Waals surface area contributed by atoms with Crippen molar-refractivity contribution in [3.05, 3.63) is 36.5 Å². The van der Waals surface area contributed by atoms with Gasteiger partial charge in [-0.15, -0.1) is 0 Å². The van der Waals surface area contributed by atoms with E-state index in [-0.39, 0.29) is 30.6 Å². The third kappa shape index (κ3) is 5.24. The Balaban J connectivity index is 1.36. The van der Waals surface area contributed by atoms with Gasteiger partial charge in [0, 0.05) is 43.0 Å². The number of carbonyl (C=O) groups is 2. The first-order valence-electron chi connectivity index (χ1n) is 13.8. The molecule has 11 heteroatoms. The van der Waals surface area contributed by atoms with Crippen LogP contribution < -0.4 is 34.6 Å². The third-order valence-electron chi connectivity index (χ3n) is 8.50. The van der Waals surface area contributed by atoms with Crippen LogP contribution in [0.5, 0.6) is 17.2 Å². The Kier molecular flexibility index (Phi) is 7.99. The van der Waals surface area contributed by atoms with Gasteiger partial charge in [0.15, 0.2) is 11.5 Å². The molecule has 40 heavy (non-hydrogen) atoms. The predicted molar refractivity (Wildman–Crippen MR) is 152 cm³/mol. The monoisotopic (exact) mass is 550 g/mol. The largest absolute Gasteiger partial charge is 0.493 e. The fourth-order valence-corrected chi connectivity index (χ4v) is 6.09. The predicted octanol–water partition coefficient (Wildman–Crippen LogP) is 4.13. The Morgan fingerprint density at radius 3 is 2.38 bits per heavy atom. The smallest absolute Gasteiger partial charge is 0.330 e. The molecule has 2 fully saturated rings. The molecule has 0 radical (unpaired) electrons. The van der Waals surface area contributed by atoms with Crippen molar-refractivity contribution in [2.75, 3.05) is 43.5 Å². The molecule has 1 aliphatic heterocycles. The number of methoxy groups -OCH3 is 3. The van der Waals surface area contributed by atoms with Crippen molar-refractivity contribution in [3.63, 3.8) is 0 Å². The molecule has 3 amide bonds. The minimum Gasteiger partial charge on any atom is -0.493 e. The van der Waals surface area contributed by atoms with Crippen LogP contribution >= 0.6 is 0 Å². The van der Waals surface area contributed by atoms with Gasteiger partial charge in [-0.2, -0.15) is 4.98 Å². The molecule has 0 saturated heterocycles. The van der Waals surface area contributed by atoms with Crippen molar-refractivity contribution in [3.8, 4) is 17.2 Å². The number of carbonyl (C=O) groups excluding carboxylic acids is 2. The number of nitrogens with one attached hydrogen (secondary N) is 2. The summed E-state index contributed by atoms with van der Waals surface area (Å²) in [5, 5.41) is 6.58. The first-order valence-corrected chi connectivity index (χ1v) is 13.8. The standard InChI is InChI=1S/C29H38N6O5/c1-6-25(36)31-22-12-18(17-8-7-9-17)10-11-21(22)32-28-30-15-19-16-35(29(37)34(2)27(19)33-28)20-13-23(38-3)26(40-5)24(14-20)39-4/h6,13-15,17-18,21-22H,1,7-12,16H2,2-5H3,(H,31,36)(H,30,32,33). The van der Waals surface area contributed by atoms with Crippen molar-refractivity contribution in [2.24, 2.45) is 11.8 Å². The van der Waals surface area contributed by atoms with E-state index in [1.165, 1.54) is 51.6 Å². The van der Waals surface area contributed by atoms with E-state index in [0.29, 0.717) is 40.6 Å². The van der Waals surface area contributed by atoms with Crippen LogP contribution in [0.15, 0.2) is 31.0 Å². The van der Waals surface area contributed by atoms with Gasteiger partial charge in [0.25, 0.3) is 0 Å². The fraction of sp³-hybridized carbons (Fsp3) is 0.517. The van der Waals surface area contributed by atoms with Crippen LogP contribution in [0.25, 0.3) is 0 Å². The highest BCUT2D eigenvalue weighted by Crippen LogP contribution is 2.43. The average molecular weight is 551 g/mol. The zero-order valence-corrected chi connectivity index (χ0v) is 23.6.